The maximum Gasteiger partial charge on any atom is 0.257 e. The molecule has 0 heterocycles. The van der Waals surface area contributed by atoms with Gasteiger partial charge in [-0.2, -0.15) is 5.26 Å². The molecule has 1 amide bonds. The predicted molar refractivity (Wildman–Crippen MR) is 71.1 cm³/mol. The van der Waals surface area contributed by atoms with Gasteiger partial charge in [-0.05, 0) is 18.6 Å². The van der Waals surface area contributed by atoms with Crippen LogP contribution in [0.25, 0.3) is 0 Å². The number of benzene rings is 1. The van der Waals surface area contributed by atoms with Gasteiger partial charge in [-0.25, -0.2) is 0 Å². The summed E-state index contributed by atoms with van der Waals surface area (Å²) in [5.41, 5.74) is 0.483. The molecular formula is C14H18N2O3. The molecule has 0 aromatic heterocycles. The Morgan fingerprint density at radius 1 is 1.42 bits per heavy atom. The number of methoxy groups -OCH3 is 1. The van der Waals surface area contributed by atoms with Crippen molar-refractivity contribution in [3.05, 3.63) is 23.8 Å². The first-order valence-electron chi connectivity index (χ1n) is 6.19. The van der Waals surface area contributed by atoms with Gasteiger partial charge in [0, 0.05) is 12.6 Å². The Bertz CT molecular complexity index is 466. The van der Waals surface area contributed by atoms with Crippen LogP contribution in [0.4, 0.5) is 0 Å². The van der Waals surface area contributed by atoms with Crippen molar-refractivity contribution < 1.29 is 14.3 Å². The predicted octanol–water partition coefficient (Wildman–Crippen LogP) is 1.86. The van der Waals surface area contributed by atoms with Crippen LogP contribution in [0, 0.1) is 11.3 Å². The Kier molecular flexibility index (Phi) is 6.23. The van der Waals surface area contributed by atoms with Crippen molar-refractivity contribution in [1.29, 1.82) is 5.26 Å². The second kappa shape index (κ2) is 7.98. The van der Waals surface area contributed by atoms with Gasteiger partial charge in [0.25, 0.3) is 5.91 Å². The Labute approximate surface area is 113 Å². The summed E-state index contributed by atoms with van der Waals surface area (Å²) >= 11 is 0. The number of unbranched alkanes of at least 4 members (excludes halogenated alkanes) is 1. The molecule has 0 spiro atoms. The third kappa shape index (κ3) is 4.88. The number of hydrogen-bond acceptors (Lipinski definition) is 4. The van der Waals surface area contributed by atoms with Crippen LogP contribution in [-0.4, -0.2) is 26.2 Å². The molecule has 0 aliphatic rings. The van der Waals surface area contributed by atoms with E-state index in [1.165, 1.54) is 7.11 Å². The van der Waals surface area contributed by atoms with Crippen LogP contribution < -0.4 is 14.8 Å². The van der Waals surface area contributed by atoms with Crippen LogP contribution in [0.2, 0.25) is 0 Å². The number of nitrogens with one attached hydrogen (secondary N) is 1. The molecule has 0 aliphatic heterocycles. The van der Waals surface area contributed by atoms with Gasteiger partial charge in [0.2, 0.25) is 0 Å². The first-order valence-corrected chi connectivity index (χ1v) is 6.19. The molecule has 0 radical (unpaired) electrons. The zero-order valence-electron chi connectivity index (χ0n) is 11.2. The molecule has 102 valence electrons. The molecule has 1 aromatic rings. The standard InChI is InChI=1S/C14H18N2O3/c1-3-4-7-16-14(17)10-19-12-6-5-11(9-15)8-13(12)18-2/h5-6,8H,3-4,7,10H2,1-2H3,(H,16,17). The van der Waals surface area contributed by atoms with Gasteiger partial charge in [-0.1, -0.05) is 13.3 Å². The van der Waals surface area contributed by atoms with Crippen molar-refractivity contribution in [1.82, 2.24) is 5.32 Å². The smallest absolute Gasteiger partial charge is 0.257 e. The number of rotatable bonds is 7. The minimum Gasteiger partial charge on any atom is -0.493 e. The molecule has 0 bridgehead atoms. The van der Waals surface area contributed by atoms with Gasteiger partial charge in [-0.15, -0.1) is 0 Å². The van der Waals surface area contributed by atoms with Gasteiger partial charge in [0.15, 0.2) is 18.1 Å². The molecule has 0 fully saturated rings. The van der Waals surface area contributed by atoms with Crippen molar-refractivity contribution in [2.45, 2.75) is 19.8 Å². The molecule has 1 aromatic carbocycles. The molecular weight excluding hydrogens is 244 g/mol. The van der Waals surface area contributed by atoms with E-state index in [1.54, 1.807) is 18.2 Å². The largest absolute Gasteiger partial charge is 0.493 e. The third-order valence-corrected chi connectivity index (χ3v) is 2.50. The molecule has 5 heteroatoms. The number of amides is 1. The van der Waals surface area contributed by atoms with Gasteiger partial charge in [0.05, 0.1) is 18.7 Å². The molecule has 5 nitrogen and oxygen atoms in total. The van der Waals surface area contributed by atoms with Gasteiger partial charge in [0.1, 0.15) is 0 Å². The van der Waals surface area contributed by atoms with Gasteiger partial charge >= 0.3 is 0 Å². The van der Waals surface area contributed by atoms with Crippen LogP contribution >= 0.6 is 0 Å². The minimum atomic E-state index is -0.167. The SMILES string of the molecule is CCCCNC(=O)COc1ccc(C#N)cc1OC. The first kappa shape index (κ1) is 14.8. The van der Waals surface area contributed by atoms with Crippen molar-refractivity contribution in [3.8, 4) is 17.6 Å². The summed E-state index contributed by atoms with van der Waals surface area (Å²) in [4.78, 5) is 11.5. The van der Waals surface area contributed by atoms with Crippen LogP contribution in [-0.2, 0) is 4.79 Å². The normalized spacial score (nSPS) is 9.53. The molecule has 1 rings (SSSR count). The highest BCUT2D eigenvalue weighted by Gasteiger charge is 2.08. The Morgan fingerprint density at radius 3 is 2.84 bits per heavy atom. The third-order valence-electron chi connectivity index (χ3n) is 2.50. The molecule has 0 atom stereocenters. The number of carbonyl (C=O) groups is 1. The van der Waals surface area contributed by atoms with E-state index in [4.69, 9.17) is 14.7 Å². The fraction of sp³-hybridized carbons (Fsp3) is 0.429. The fourth-order valence-corrected chi connectivity index (χ4v) is 1.46. The van der Waals surface area contributed by atoms with Crippen molar-refractivity contribution >= 4 is 5.91 Å². The summed E-state index contributed by atoms with van der Waals surface area (Å²) in [6, 6.07) is 6.83. The van der Waals surface area contributed by atoms with Crippen LogP contribution in [0.15, 0.2) is 18.2 Å². The highest BCUT2D eigenvalue weighted by Crippen LogP contribution is 2.27. The minimum absolute atomic E-state index is 0.0635. The summed E-state index contributed by atoms with van der Waals surface area (Å²) < 4.78 is 10.5. The summed E-state index contributed by atoms with van der Waals surface area (Å²) in [6.45, 7) is 2.65. The molecule has 0 saturated carbocycles. The van der Waals surface area contributed by atoms with Crippen LogP contribution in [0.3, 0.4) is 0 Å². The number of ether oxygens (including phenoxy) is 2. The first-order chi connectivity index (χ1) is 9.21. The van der Waals surface area contributed by atoms with Crippen molar-refractivity contribution in [2.24, 2.45) is 0 Å². The molecule has 0 aliphatic carbocycles. The van der Waals surface area contributed by atoms with E-state index < -0.39 is 0 Å². The maximum absolute atomic E-state index is 11.5. The lowest BCUT2D eigenvalue weighted by molar-refractivity contribution is -0.123. The van der Waals surface area contributed by atoms with E-state index in [2.05, 4.69) is 12.2 Å². The number of nitriles is 1. The van der Waals surface area contributed by atoms with E-state index in [0.717, 1.165) is 12.8 Å². The number of nitrogens with zero attached hydrogens (tertiary/aromatic N) is 1. The average molecular weight is 262 g/mol. The lowest BCUT2D eigenvalue weighted by Gasteiger charge is -2.10. The van der Waals surface area contributed by atoms with Gasteiger partial charge in [-0.3, -0.25) is 4.79 Å². The fourth-order valence-electron chi connectivity index (χ4n) is 1.46. The molecule has 0 unspecified atom stereocenters. The highest BCUT2D eigenvalue weighted by atomic mass is 16.5. The van der Waals surface area contributed by atoms with Crippen LogP contribution in [0.1, 0.15) is 25.3 Å². The van der Waals surface area contributed by atoms with Crippen molar-refractivity contribution in [2.75, 3.05) is 20.3 Å². The lowest BCUT2D eigenvalue weighted by Crippen LogP contribution is -2.29. The maximum atomic E-state index is 11.5. The van der Waals surface area contributed by atoms with Gasteiger partial charge < -0.3 is 14.8 Å². The number of carbonyl (C=O) groups excluding carboxylic acids is 1. The quantitative estimate of drug-likeness (QED) is 0.761. The zero-order valence-corrected chi connectivity index (χ0v) is 11.2. The number of hydrogen-bond donors (Lipinski definition) is 1. The van der Waals surface area contributed by atoms with Crippen LogP contribution in [0.5, 0.6) is 11.5 Å². The monoisotopic (exact) mass is 262 g/mol. The second-order valence-corrected chi connectivity index (χ2v) is 3.97. The van der Waals surface area contributed by atoms with E-state index >= 15 is 0 Å². The highest BCUT2D eigenvalue weighted by molar-refractivity contribution is 5.77. The Hall–Kier alpha value is -2.22. The van der Waals surface area contributed by atoms with E-state index in [1.807, 2.05) is 6.07 Å². The topological polar surface area (TPSA) is 71.3 Å². The zero-order chi connectivity index (χ0) is 14.1. The summed E-state index contributed by atoms with van der Waals surface area (Å²) in [5.74, 6) is 0.729. The summed E-state index contributed by atoms with van der Waals surface area (Å²) in [6.07, 6.45) is 1.98. The van der Waals surface area contributed by atoms with E-state index in [-0.39, 0.29) is 12.5 Å². The second-order valence-electron chi connectivity index (χ2n) is 3.97. The van der Waals surface area contributed by atoms with Crippen molar-refractivity contribution in [3.63, 3.8) is 0 Å². The molecule has 0 saturated heterocycles. The van der Waals surface area contributed by atoms with E-state index in [9.17, 15) is 4.79 Å². The molecule has 1 N–H and O–H groups in total. The Balaban J connectivity index is 2.53. The molecule has 19 heavy (non-hydrogen) atoms. The summed E-state index contributed by atoms with van der Waals surface area (Å²) in [7, 11) is 1.49. The average Bonchev–Trinajstić information content (AvgIpc) is 2.45. The lowest BCUT2D eigenvalue weighted by atomic mass is 10.2. The Morgan fingerprint density at radius 2 is 2.21 bits per heavy atom. The van der Waals surface area contributed by atoms with E-state index in [0.29, 0.717) is 23.6 Å². The summed E-state index contributed by atoms with van der Waals surface area (Å²) in [5, 5.41) is 11.5.